The summed E-state index contributed by atoms with van der Waals surface area (Å²) in [6.07, 6.45) is 0. The molecule has 2 aromatic carbocycles. The molecule has 0 amide bonds. The maximum absolute atomic E-state index is 2.47. The van der Waals surface area contributed by atoms with E-state index in [1.807, 2.05) is 0 Å². The van der Waals surface area contributed by atoms with Crippen LogP contribution in [0.4, 0.5) is 0 Å². The van der Waals surface area contributed by atoms with Crippen LogP contribution < -0.4 is 3.58 Å². The number of rotatable bonds is 0. The summed E-state index contributed by atoms with van der Waals surface area (Å²) >= 11 is -0.454. The van der Waals surface area contributed by atoms with Crippen LogP contribution in [0.3, 0.4) is 0 Å². The fourth-order valence-corrected chi connectivity index (χ4v) is 5.09. The summed E-state index contributed by atoms with van der Waals surface area (Å²) in [7, 11) is 0. The number of benzene rings is 2. The summed E-state index contributed by atoms with van der Waals surface area (Å²) in [6, 6.07) is 17.5. The molecule has 65 valence electrons. The van der Waals surface area contributed by atoms with Crippen molar-refractivity contribution in [2.24, 2.45) is 0 Å². The third kappa shape index (κ3) is 1.25. The van der Waals surface area contributed by atoms with E-state index in [0.29, 0.717) is 0 Å². The molecule has 0 saturated heterocycles. The molecule has 14 heavy (non-hydrogen) atoms. The average Bonchev–Trinajstić information content (AvgIpc) is 2.29. The summed E-state index contributed by atoms with van der Waals surface area (Å²) < 4.78 is 4.08. The summed E-state index contributed by atoms with van der Waals surface area (Å²) in [4.78, 5) is 0. The van der Waals surface area contributed by atoms with Crippen molar-refractivity contribution in [3.05, 3.63) is 54.1 Å². The van der Waals surface area contributed by atoms with Crippen LogP contribution in [0.15, 0.2) is 48.5 Å². The molecule has 1 heteroatoms. The molecule has 0 aromatic heterocycles. The van der Waals surface area contributed by atoms with Gasteiger partial charge in [0.05, 0.1) is 0 Å². The summed E-state index contributed by atoms with van der Waals surface area (Å²) in [5.74, 6) is 0. The van der Waals surface area contributed by atoms with Crippen molar-refractivity contribution >= 4 is 28.3 Å². The van der Waals surface area contributed by atoms with Gasteiger partial charge in [-0.1, -0.05) is 0 Å². The Kier molecular flexibility index (Phi) is 2.02. The van der Waals surface area contributed by atoms with E-state index < -0.39 is 20.7 Å². The predicted molar refractivity (Wildman–Crippen MR) is 62.4 cm³/mol. The Labute approximate surface area is 93.3 Å². The molecule has 2 aromatic rings. The van der Waals surface area contributed by atoms with E-state index in [1.54, 1.807) is 3.58 Å². The van der Waals surface area contributed by atoms with Gasteiger partial charge in [-0.3, -0.25) is 0 Å². The molecule has 3 rings (SSSR count). The second-order valence-corrected chi connectivity index (χ2v) is 6.61. The van der Waals surface area contributed by atoms with Gasteiger partial charge in [0, 0.05) is 0 Å². The zero-order valence-electron chi connectivity index (χ0n) is 7.70. The normalized spacial score (nSPS) is 12.0. The molecule has 0 saturated carbocycles. The molecule has 0 fully saturated rings. The Bertz CT molecular complexity index is 465. The van der Waals surface area contributed by atoms with Crippen LogP contribution in [-0.4, -0.2) is 24.7 Å². The molecule has 1 heterocycles. The molecule has 1 aliphatic heterocycles. The molecule has 0 N–H and O–H groups in total. The number of hydrogen-bond acceptors (Lipinski definition) is 0. The standard InChI is InChI=1S/C13H9.Sn/c1-11-7-5-6-10-13(11)12-8-3-2-4-9-12;/h1-8,10H;. The van der Waals surface area contributed by atoms with E-state index in [1.165, 1.54) is 16.7 Å². The van der Waals surface area contributed by atoms with Crippen molar-refractivity contribution in [1.29, 1.82) is 0 Å². The second kappa shape index (κ2) is 3.35. The Hall–Kier alpha value is -0.891. The van der Waals surface area contributed by atoms with Crippen molar-refractivity contribution in [2.45, 2.75) is 0 Å². The molecule has 0 aliphatic carbocycles. The van der Waals surface area contributed by atoms with Crippen LogP contribution in [-0.2, 0) is 0 Å². The van der Waals surface area contributed by atoms with Gasteiger partial charge in [0.1, 0.15) is 0 Å². The average molecular weight is 284 g/mol. The van der Waals surface area contributed by atoms with Gasteiger partial charge in [0.25, 0.3) is 0 Å². The fourth-order valence-electron chi connectivity index (χ4n) is 1.87. The van der Waals surface area contributed by atoms with Crippen LogP contribution in [0.1, 0.15) is 5.56 Å². The molecule has 1 aliphatic rings. The van der Waals surface area contributed by atoms with E-state index in [4.69, 9.17) is 0 Å². The summed E-state index contributed by atoms with van der Waals surface area (Å²) in [5.41, 5.74) is 4.32. The topological polar surface area (TPSA) is 0 Å². The third-order valence-corrected chi connectivity index (χ3v) is 5.99. The zero-order valence-corrected chi connectivity index (χ0v) is 10.6. The molecule has 0 bridgehead atoms. The van der Waals surface area contributed by atoms with Gasteiger partial charge in [-0.2, -0.15) is 0 Å². The van der Waals surface area contributed by atoms with E-state index in [0.717, 1.165) is 0 Å². The van der Waals surface area contributed by atoms with E-state index >= 15 is 0 Å². The Morgan fingerprint density at radius 2 is 1.43 bits per heavy atom. The van der Waals surface area contributed by atoms with Gasteiger partial charge < -0.3 is 0 Å². The fraction of sp³-hybridized carbons (Fsp3) is 0. The second-order valence-electron chi connectivity index (χ2n) is 3.42. The van der Waals surface area contributed by atoms with E-state index in [2.05, 4.69) is 52.6 Å². The van der Waals surface area contributed by atoms with Crippen LogP contribution >= 0.6 is 0 Å². The van der Waals surface area contributed by atoms with Gasteiger partial charge >= 0.3 is 93.5 Å². The molecular formula is C13H9Sn. The van der Waals surface area contributed by atoms with Gasteiger partial charge in [0.2, 0.25) is 0 Å². The minimum absolute atomic E-state index is 0.454. The van der Waals surface area contributed by atoms with Crippen LogP contribution in [0.25, 0.3) is 11.1 Å². The van der Waals surface area contributed by atoms with Crippen LogP contribution in [0, 0.1) is 0 Å². The van der Waals surface area contributed by atoms with Crippen molar-refractivity contribution in [2.75, 3.05) is 0 Å². The Morgan fingerprint density at radius 3 is 2.36 bits per heavy atom. The van der Waals surface area contributed by atoms with Crippen LogP contribution in [0.2, 0.25) is 0 Å². The molecule has 0 spiro atoms. The van der Waals surface area contributed by atoms with Gasteiger partial charge in [-0.05, 0) is 0 Å². The first kappa shape index (κ1) is 8.42. The monoisotopic (exact) mass is 285 g/mol. The minimum atomic E-state index is -0.454. The van der Waals surface area contributed by atoms with Crippen molar-refractivity contribution < 1.29 is 0 Å². The van der Waals surface area contributed by atoms with E-state index in [-0.39, 0.29) is 0 Å². The van der Waals surface area contributed by atoms with Crippen molar-refractivity contribution in [3.63, 3.8) is 0 Å². The van der Waals surface area contributed by atoms with Gasteiger partial charge in [-0.25, -0.2) is 0 Å². The molecule has 0 atom stereocenters. The third-order valence-electron chi connectivity index (χ3n) is 2.56. The molecular weight excluding hydrogens is 275 g/mol. The molecule has 1 radical (unpaired) electrons. The first-order valence-corrected chi connectivity index (χ1v) is 7.81. The quantitative estimate of drug-likeness (QED) is 0.553. The van der Waals surface area contributed by atoms with Gasteiger partial charge in [0.15, 0.2) is 0 Å². The van der Waals surface area contributed by atoms with E-state index in [9.17, 15) is 0 Å². The Morgan fingerprint density at radius 1 is 0.714 bits per heavy atom. The van der Waals surface area contributed by atoms with Gasteiger partial charge in [-0.15, -0.1) is 0 Å². The molecule has 0 unspecified atom stereocenters. The summed E-state index contributed by atoms with van der Waals surface area (Å²) in [6.45, 7) is 0. The van der Waals surface area contributed by atoms with Crippen molar-refractivity contribution in [3.8, 4) is 11.1 Å². The summed E-state index contributed by atoms with van der Waals surface area (Å²) in [5, 5.41) is 0. The Balaban J connectivity index is 2.36. The SMILES string of the molecule is [CH]1=[Sn][c]2ccccc2-c2ccccc21. The first-order chi connectivity index (χ1) is 6.95. The molecule has 0 nitrogen and oxygen atoms in total. The predicted octanol–water partition coefficient (Wildman–Crippen LogP) is 1.85. The zero-order chi connectivity index (χ0) is 9.38. The number of fused-ring (bicyclic) bond motifs is 3. The van der Waals surface area contributed by atoms with Crippen molar-refractivity contribution in [1.82, 2.24) is 0 Å². The number of hydrogen-bond donors (Lipinski definition) is 0. The van der Waals surface area contributed by atoms with Crippen LogP contribution in [0.5, 0.6) is 0 Å². The first-order valence-electron chi connectivity index (χ1n) is 4.73. The maximum atomic E-state index is 2.47.